The summed E-state index contributed by atoms with van der Waals surface area (Å²) >= 11 is 5.89. The fourth-order valence-electron chi connectivity index (χ4n) is 5.73. The highest BCUT2D eigenvalue weighted by atomic mass is 35.5. The maximum Gasteiger partial charge on any atom is 0.230 e. The highest BCUT2D eigenvalue weighted by Gasteiger charge is 2.62. The predicted octanol–water partition coefficient (Wildman–Crippen LogP) is 1.46. The number of pyridine rings is 1. The first kappa shape index (κ1) is 22.5. The molecule has 5 atom stereocenters. The largest absolute Gasteiger partial charge is 0.508 e. The van der Waals surface area contributed by atoms with Gasteiger partial charge in [-0.25, -0.2) is 4.98 Å². The molecule has 3 aliphatic rings. The number of halogens is 1. The van der Waals surface area contributed by atoms with Crippen LogP contribution in [0.25, 0.3) is 11.1 Å². The van der Waals surface area contributed by atoms with Crippen LogP contribution in [0.4, 0.5) is 0 Å². The number of hydrogen-bond acceptors (Lipinski definition) is 8. The van der Waals surface area contributed by atoms with E-state index >= 15 is 0 Å². The first-order valence-electron chi connectivity index (χ1n) is 10.7. The van der Waals surface area contributed by atoms with Gasteiger partial charge in [-0.2, -0.15) is 0 Å². The number of hydrogen-bond donors (Lipinski definition) is 5. The highest BCUT2D eigenvalue weighted by molar-refractivity contribution is 6.29. The average molecular weight is 485 g/mol. The van der Waals surface area contributed by atoms with Crippen LogP contribution in [0.3, 0.4) is 0 Å². The van der Waals surface area contributed by atoms with Crippen LogP contribution in [-0.4, -0.2) is 54.6 Å². The van der Waals surface area contributed by atoms with Gasteiger partial charge in [-0.1, -0.05) is 17.7 Å². The Labute approximate surface area is 198 Å². The van der Waals surface area contributed by atoms with Crippen molar-refractivity contribution >= 4 is 29.1 Å². The number of allylic oxidation sites excluding steroid dienone is 1. The third kappa shape index (κ3) is 3.01. The van der Waals surface area contributed by atoms with Crippen LogP contribution in [0.15, 0.2) is 41.8 Å². The van der Waals surface area contributed by atoms with Crippen LogP contribution < -0.4 is 5.73 Å². The molecule has 0 spiro atoms. The number of benzene rings is 1. The third-order valence-corrected chi connectivity index (χ3v) is 7.53. The molecule has 1 aromatic carbocycles. The number of rotatable bonds is 2. The standard InChI is InChI=1S/C24H21ClN2O7/c25-16-4-1-9(8-27-16)12-2-3-14(28)18-13(12)6-10-5-11-7-15(29)19(23(26)33)22(32)24(11,34)21(31)17(10)20(18)30/h1-4,8,10-11,15,19,28-29,31,34H,5-7H2,(H2,26,33)/t10-,11+,15?,19?,24+/m1/s1. The number of nitrogens with zero attached hydrogens (tertiary/aromatic N) is 1. The second kappa shape index (κ2) is 7.63. The fraction of sp³-hybridized carbons (Fsp3) is 0.333. The number of fused-ring (bicyclic) bond motifs is 3. The zero-order valence-electron chi connectivity index (χ0n) is 17.7. The van der Waals surface area contributed by atoms with Gasteiger partial charge in [0.15, 0.2) is 17.2 Å². The van der Waals surface area contributed by atoms with E-state index in [0.717, 1.165) is 0 Å². The van der Waals surface area contributed by atoms with Crippen molar-refractivity contribution in [2.45, 2.75) is 31.0 Å². The van der Waals surface area contributed by atoms with Crippen molar-refractivity contribution in [2.75, 3.05) is 0 Å². The van der Waals surface area contributed by atoms with E-state index in [1.54, 1.807) is 24.4 Å². The lowest BCUT2D eigenvalue weighted by Crippen LogP contribution is -2.63. The van der Waals surface area contributed by atoms with E-state index in [-0.39, 0.29) is 36.1 Å². The van der Waals surface area contributed by atoms with Crippen molar-refractivity contribution in [1.82, 2.24) is 4.98 Å². The summed E-state index contributed by atoms with van der Waals surface area (Å²) in [7, 11) is 0. The molecule has 34 heavy (non-hydrogen) atoms. The zero-order chi connectivity index (χ0) is 24.5. The normalized spacial score (nSPS) is 30.4. The molecule has 2 unspecified atom stereocenters. The topological polar surface area (TPSA) is 171 Å². The first-order valence-corrected chi connectivity index (χ1v) is 11.1. The summed E-state index contributed by atoms with van der Waals surface area (Å²) < 4.78 is 0. The van der Waals surface area contributed by atoms with E-state index in [1.165, 1.54) is 6.07 Å². The summed E-state index contributed by atoms with van der Waals surface area (Å²) in [4.78, 5) is 42.4. The van der Waals surface area contributed by atoms with E-state index in [2.05, 4.69) is 4.98 Å². The molecule has 9 nitrogen and oxygen atoms in total. The van der Waals surface area contributed by atoms with Crippen molar-refractivity contribution in [3.63, 3.8) is 0 Å². The van der Waals surface area contributed by atoms with Gasteiger partial charge in [0, 0.05) is 23.3 Å². The van der Waals surface area contributed by atoms with Gasteiger partial charge < -0.3 is 26.2 Å². The summed E-state index contributed by atoms with van der Waals surface area (Å²) in [5.41, 5.74) is 4.38. The van der Waals surface area contributed by atoms with Gasteiger partial charge >= 0.3 is 0 Å². The molecule has 0 bridgehead atoms. The van der Waals surface area contributed by atoms with Crippen LogP contribution in [-0.2, 0) is 16.0 Å². The van der Waals surface area contributed by atoms with Crippen molar-refractivity contribution < 1.29 is 34.8 Å². The zero-order valence-corrected chi connectivity index (χ0v) is 18.5. The van der Waals surface area contributed by atoms with Crippen LogP contribution in [0.1, 0.15) is 28.8 Å². The number of aromatic nitrogens is 1. The Morgan fingerprint density at radius 1 is 1.15 bits per heavy atom. The minimum absolute atomic E-state index is 0.0398. The number of carbonyl (C=O) groups excluding carboxylic acids is 3. The average Bonchev–Trinajstić information content (AvgIpc) is 2.77. The lowest BCUT2D eigenvalue weighted by atomic mass is 9.57. The highest BCUT2D eigenvalue weighted by Crippen LogP contribution is 2.52. The number of phenolic OH excluding ortho intramolecular Hbond substituents is 1. The number of phenols is 1. The Morgan fingerprint density at radius 2 is 1.88 bits per heavy atom. The van der Waals surface area contributed by atoms with Gasteiger partial charge in [-0.15, -0.1) is 0 Å². The van der Waals surface area contributed by atoms with Crippen LogP contribution in [0, 0.1) is 17.8 Å². The summed E-state index contributed by atoms with van der Waals surface area (Å²) in [5.74, 6) is -7.33. The minimum Gasteiger partial charge on any atom is -0.508 e. The number of carbonyl (C=O) groups is 3. The molecule has 3 aliphatic carbocycles. The number of Topliss-reactive ketones (excluding diaryl/α,β-unsaturated/α-hetero) is 2. The van der Waals surface area contributed by atoms with E-state index in [4.69, 9.17) is 17.3 Å². The summed E-state index contributed by atoms with van der Waals surface area (Å²) in [6.07, 6.45) is 0.309. The molecule has 1 fully saturated rings. The smallest absolute Gasteiger partial charge is 0.230 e. The number of primary amides is 1. The molecule has 1 aromatic heterocycles. The molecule has 1 heterocycles. The van der Waals surface area contributed by atoms with Gasteiger partial charge in [0.05, 0.1) is 11.7 Å². The maximum absolute atomic E-state index is 13.5. The van der Waals surface area contributed by atoms with Crippen LogP contribution in [0.2, 0.25) is 5.15 Å². The van der Waals surface area contributed by atoms with Crippen molar-refractivity contribution in [3.05, 3.63) is 58.1 Å². The number of nitrogens with two attached hydrogens (primary N) is 1. The van der Waals surface area contributed by atoms with Gasteiger partial charge in [0.2, 0.25) is 5.91 Å². The van der Waals surface area contributed by atoms with Crippen LogP contribution >= 0.6 is 11.6 Å². The molecule has 10 heteroatoms. The molecule has 6 N–H and O–H groups in total. The Balaban J connectivity index is 1.67. The summed E-state index contributed by atoms with van der Waals surface area (Å²) in [6.45, 7) is 0. The minimum atomic E-state index is -2.52. The van der Waals surface area contributed by atoms with E-state index in [9.17, 15) is 34.8 Å². The van der Waals surface area contributed by atoms with Gasteiger partial charge in [-0.05, 0) is 54.5 Å². The van der Waals surface area contributed by atoms with Crippen molar-refractivity contribution in [3.8, 4) is 16.9 Å². The molecule has 1 saturated carbocycles. The first-order chi connectivity index (χ1) is 16.1. The molecular formula is C24H21ClN2O7. The Hall–Kier alpha value is -3.27. The van der Waals surface area contributed by atoms with Gasteiger partial charge in [-0.3, -0.25) is 14.4 Å². The lowest BCUT2D eigenvalue weighted by molar-refractivity contribution is -0.167. The number of amides is 1. The summed E-state index contributed by atoms with van der Waals surface area (Å²) in [6, 6.07) is 6.34. The second-order valence-electron chi connectivity index (χ2n) is 9.09. The maximum atomic E-state index is 13.5. The number of aliphatic hydroxyl groups excluding tert-OH is 2. The Kier molecular flexibility index (Phi) is 5.05. The Morgan fingerprint density at radius 3 is 2.53 bits per heavy atom. The molecular weight excluding hydrogens is 464 g/mol. The van der Waals surface area contributed by atoms with Crippen molar-refractivity contribution in [2.24, 2.45) is 23.5 Å². The Bertz CT molecular complexity index is 1290. The molecule has 0 aliphatic heterocycles. The molecule has 1 amide bonds. The number of aliphatic hydroxyl groups is 3. The van der Waals surface area contributed by atoms with E-state index < -0.39 is 52.7 Å². The SMILES string of the molecule is NC(=O)C1C(=O)[C@@]2(O)C(O)=C3C(=O)c4c(O)ccc(-c5ccc(Cl)nc5)c4C[C@H]3C[C@H]2CC1O. The quantitative estimate of drug-likeness (QED) is 0.315. The molecule has 0 radical (unpaired) electrons. The molecule has 2 aromatic rings. The van der Waals surface area contributed by atoms with Crippen molar-refractivity contribution in [1.29, 1.82) is 0 Å². The van der Waals surface area contributed by atoms with Crippen LogP contribution in [0.5, 0.6) is 5.75 Å². The fourth-order valence-corrected chi connectivity index (χ4v) is 5.84. The predicted molar refractivity (Wildman–Crippen MR) is 119 cm³/mol. The van der Waals surface area contributed by atoms with E-state index in [1.807, 2.05) is 0 Å². The lowest BCUT2D eigenvalue weighted by Gasteiger charge is -2.48. The second-order valence-corrected chi connectivity index (χ2v) is 9.48. The monoisotopic (exact) mass is 484 g/mol. The van der Waals surface area contributed by atoms with E-state index in [0.29, 0.717) is 21.8 Å². The van der Waals surface area contributed by atoms with Gasteiger partial charge in [0.25, 0.3) is 0 Å². The number of ketones is 2. The molecule has 5 rings (SSSR count). The van der Waals surface area contributed by atoms with Gasteiger partial charge in [0.1, 0.15) is 22.6 Å². The number of aromatic hydroxyl groups is 1. The third-order valence-electron chi connectivity index (χ3n) is 7.31. The molecule has 176 valence electrons. The summed E-state index contributed by atoms with van der Waals surface area (Å²) in [5, 5.41) is 43.5. The molecule has 0 saturated heterocycles.